The van der Waals surface area contributed by atoms with Crippen molar-refractivity contribution >= 4 is 17.7 Å². The van der Waals surface area contributed by atoms with E-state index in [4.69, 9.17) is 0 Å². The maximum atomic E-state index is 11.3. The van der Waals surface area contributed by atoms with Gasteiger partial charge in [0, 0.05) is 0 Å². The normalized spacial score (nSPS) is 25.2. The molecule has 0 aromatic heterocycles. The molecular weight excluding hydrogens is 376 g/mol. The van der Waals surface area contributed by atoms with Crippen LogP contribution in [0, 0.1) is 0 Å². The molecule has 0 amide bonds. The van der Waals surface area contributed by atoms with Gasteiger partial charge in [-0.25, -0.2) is 4.79 Å². The summed E-state index contributed by atoms with van der Waals surface area (Å²) >= 11 is 2.03. The quantitative estimate of drug-likeness (QED) is 0.600. The molecule has 29 heavy (non-hydrogen) atoms. The van der Waals surface area contributed by atoms with E-state index in [-0.39, 0.29) is 15.6 Å². The van der Waals surface area contributed by atoms with Crippen molar-refractivity contribution in [3.8, 4) is 0 Å². The van der Waals surface area contributed by atoms with Gasteiger partial charge in [0.2, 0.25) is 0 Å². The molecule has 2 nitrogen and oxygen atoms in total. The molecule has 1 aliphatic heterocycles. The van der Waals surface area contributed by atoms with Crippen LogP contribution in [0.25, 0.3) is 0 Å². The Hall–Kier alpha value is -1.74. The molecule has 3 heteroatoms. The fourth-order valence-electron chi connectivity index (χ4n) is 5.14. The standard InChI is InChI=1S/C26H32O2S/c1-24(2)14-15-25(3,4)22-17-20(11-12-21(22)24)26(13-5-6-16-29-26)19-9-7-18(8-10-19)23(27)28/h7-12,17H,5-6,13-16H2,1-4H3,(H,27,28). The van der Waals surface area contributed by atoms with E-state index < -0.39 is 5.97 Å². The van der Waals surface area contributed by atoms with Crippen molar-refractivity contribution in [1.82, 2.24) is 0 Å². The van der Waals surface area contributed by atoms with E-state index in [2.05, 4.69) is 45.9 Å². The lowest BCUT2D eigenvalue weighted by Gasteiger charge is -2.44. The lowest BCUT2D eigenvalue weighted by molar-refractivity contribution is 0.0697. The number of hydrogen-bond donors (Lipinski definition) is 1. The molecular formula is C26H32O2S. The third kappa shape index (κ3) is 3.52. The van der Waals surface area contributed by atoms with Crippen molar-refractivity contribution in [2.75, 3.05) is 5.75 Å². The van der Waals surface area contributed by atoms with Crippen LogP contribution in [-0.4, -0.2) is 16.8 Å². The average Bonchev–Trinajstić information content (AvgIpc) is 2.72. The van der Waals surface area contributed by atoms with Crippen LogP contribution >= 0.6 is 11.8 Å². The lowest BCUT2D eigenvalue weighted by atomic mass is 9.62. The van der Waals surface area contributed by atoms with Gasteiger partial charge in [0.25, 0.3) is 0 Å². The van der Waals surface area contributed by atoms with E-state index in [1.54, 1.807) is 12.1 Å². The Morgan fingerprint density at radius 2 is 1.45 bits per heavy atom. The van der Waals surface area contributed by atoms with Crippen LogP contribution in [0.15, 0.2) is 42.5 Å². The molecule has 1 fully saturated rings. The van der Waals surface area contributed by atoms with E-state index in [1.807, 2.05) is 23.9 Å². The molecule has 0 radical (unpaired) electrons. The molecule has 4 rings (SSSR count). The van der Waals surface area contributed by atoms with Crippen molar-refractivity contribution in [3.63, 3.8) is 0 Å². The summed E-state index contributed by atoms with van der Waals surface area (Å²) in [6.07, 6.45) is 6.00. The van der Waals surface area contributed by atoms with Crippen LogP contribution in [-0.2, 0) is 15.6 Å². The molecule has 2 aromatic carbocycles. The van der Waals surface area contributed by atoms with Crippen LogP contribution < -0.4 is 0 Å². The fraction of sp³-hybridized carbons (Fsp3) is 0.500. The molecule has 1 atom stereocenters. The molecule has 1 saturated heterocycles. The first-order valence-electron chi connectivity index (χ1n) is 10.8. The Morgan fingerprint density at radius 3 is 2.03 bits per heavy atom. The summed E-state index contributed by atoms with van der Waals surface area (Å²) in [7, 11) is 0. The number of carboxylic acids is 1. The fourth-order valence-corrected chi connectivity index (χ4v) is 6.72. The van der Waals surface area contributed by atoms with Gasteiger partial charge < -0.3 is 5.11 Å². The number of fused-ring (bicyclic) bond motifs is 1. The lowest BCUT2D eigenvalue weighted by Crippen LogP contribution is -2.35. The van der Waals surface area contributed by atoms with Gasteiger partial charge in [-0.05, 0) is 76.7 Å². The van der Waals surface area contributed by atoms with Crippen LogP contribution in [0.2, 0.25) is 0 Å². The molecule has 0 saturated carbocycles. The highest BCUT2D eigenvalue weighted by Crippen LogP contribution is 2.53. The molecule has 0 spiro atoms. The van der Waals surface area contributed by atoms with Crippen LogP contribution in [0.4, 0.5) is 0 Å². The minimum Gasteiger partial charge on any atom is -0.478 e. The van der Waals surface area contributed by atoms with E-state index >= 15 is 0 Å². The SMILES string of the molecule is CC1(C)CCC(C)(C)c2cc(C3(c4ccc(C(=O)O)cc4)CCCCS3)ccc21. The summed E-state index contributed by atoms with van der Waals surface area (Å²) in [5, 5.41) is 9.30. The predicted octanol–water partition coefficient (Wildman–Crippen LogP) is 6.89. The summed E-state index contributed by atoms with van der Waals surface area (Å²) < 4.78 is -0.0814. The van der Waals surface area contributed by atoms with Gasteiger partial charge >= 0.3 is 5.97 Å². The van der Waals surface area contributed by atoms with Crippen LogP contribution in [0.3, 0.4) is 0 Å². The third-order valence-corrected chi connectivity index (χ3v) is 8.85. The zero-order valence-corrected chi connectivity index (χ0v) is 18.9. The largest absolute Gasteiger partial charge is 0.478 e. The zero-order valence-electron chi connectivity index (χ0n) is 18.0. The second-order valence-corrected chi connectivity index (χ2v) is 11.4. The second-order valence-electron chi connectivity index (χ2n) is 10.0. The predicted molar refractivity (Wildman–Crippen MR) is 122 cm³/mol. The van der Waals surface area contributed by atoms with Gasteiger partial charge in [-0.1, -0.05) is 64.4 Å². The van der Waals surface area contributed by atoms with Crippen LogP contribution in [0.5, 0.6) is 0 Å². The summed E-state index contributed by atoms with van der Waals surface area (Å²) in [6, 6.07) is 14.8. The average molecular weight is 409 g/mol. The molecule has 2 aliphatic rings. The molecule has 1 aliphatic carbocycles. The molecule has 1 N–H and O–H groups in total. The molecule has 154 valence electrons. The molecule has 1 heterocycles. The first kappa shape index (κ1) is 20.5. The van der Waals surface area contributed by atoms with Crippen molar-refractivity contribution in [2.24, 2.45) is 0 Å². The van der Waals surface area contributed by atoms with Gasteiger partial charge in [-0.15, -0.1) is 11.8 Å². The Kier molecular flexibility index (Phi) is 5.09. The highest BCUT2D eigenvalue weighted by molar-refractivity contribution is 8.00. The summed E-state index contributed by atoms with van der Waals surface area (Å²) in [4.78, 5) is 11.3. The van der Waals surface area contributed by atoms with Crippen molar-refractivity contribution in [3.05, 3.63) is 70.3 Å². The van der Waals surface area contributed by atoms with Crippen molar-refractivity contribution in [2.45, 2.75) is 75.4 Å². The van der Waals surface area contributed by atoms with E-state index in [0.29, 0.717) is 5.56 Å². The van der Waals surface area contributed by atoms with Crippen molar-refractivity contribution < 1.29 is 9.90 Å². The minimum absolute atomic E-state index is 0.0814. The van der Waals surface area contributed by atoms with Gasteiger partial charge in [0.05, 0.1) is 10.3 Å². The van der Waals surface area contributed by atoms with Crippen LogP contribution in [0.1, 0.15) is 92.4 Å². The van der Waals surface area contributed by atoms with E-state index in [9.17, 15) is 9.90 Å². The monoisotopic (exact) mass is 408 g/mol. The van der Waals surface area contributed by atoms with Gasteiger partial charge in [-0.3, -0.25) is 0 Å². The second kappa shape index (κ2) is 7.19. The summed E-state index contributed by atoms with van der Waals surface area (Å²) in [6.45, 7) is 9.51. The maximum Gasteiger partial charge on any atom is 0.335 e. The summed E-state index contributed by atoms with van der Waals surface area (Å²) in [5.41, 5.74) is 6.38. The Bertz CT molecular complexity index is 918. The number of thioether (sulfide) groups is 1. The number of carboxylic acid groups (broad SMARTS) is 1. The van der Waals surface area contributed by atoms with E-state index in [0.717, 1.165) is 12.2 Å². The zero-order chi connectivity index (χ0) is 20.9. The topological polar surface area (TPSA) is 37.3 Å². The Labute approximate surface area is 179 Å². The smallest absolute Gasteiger partial charge is 0.335 e. The Balaban J connectivity index is 1.86. The highest BCUT2D eigenvalue weighted by Gasteiger charge is 2.41. The van der Waals surface area contributed by atoms with Gasteiger partial charge in [0.1, 0.15) is 0 Å². The number of benzene rings is 2. The first-order valence-corrected chi connectivity index (χ1v) is 11.8. The first-order chi connectivity index (χ1) is 13.7. The highest BCUT2D eigenvalue weighted by atomic mass is 32.2. The number of carbonyl (C=O) groups is 1. The summed E-state index contributed by atoms with van der Waals surface area (Å²) in [5.74, 6) is 0.284. The number of rotatable bonds is 3. The Morgan fingerprint density at radius 1 is 0.828 bits per heavy atom. The molecule has 1 unspecified atom stereocenters. The van der Waals surface area contributed by atoms with Crippen molar-refractivity contribution in [1.29, 1.82) is 0 Å². The van der Waals surface area contributed by atoms with E-state index in [1.165, 1.54) is 47.9 Å². The minimum atomic E-state index is -0.861. The number of aromatic carboxylic acids is 1. The maximum absolute atomic E-state index is 11.3. The van der Waals surface area contributed by atoms with Gasteiger partial charge in [0.15, 0.2) is 0 Å². The third-order valence-electron chi connectivity index (χ3n) is 7.19. The molecule has 0 bridgehead atoms. The van der Waals surface area contributed by atoms with Gasteiger partial charge in [-0.2, -0.15) is 0 Å². The number of hydrogen-bond acceptors (Lipinski definition) is 2. The molecule has 2 aromatic rings.